The van der Waals surface area contributed by atoms with Crippen molar-refractivity contribution in [2.24, 2.45) is 7.05 Å². The first kappa shape index (κ1) is 9.59. The van der Waals surface area contributed by atoms with E-state index in [0.717, 1.165) is 26.9 Å². The molecule has 0 saturated heterocycles. The number of fused-ring (bicyclic) bond motifs is 1. The molecule has 3 rings (SSSR count). The number of aromatic nitrogens is 4. The van der Waals surface area contributed by atoms with Crippen molar-refractivity contribution in [3.63, 3.8) is 0 Å². The Hall–Kier alpha value is -1.62. The van der Waals surface area contributed by atoms with Gasteiger partial charge in [0, 0.05) is 12.6 Å². The maximum Gasteiger partial charge on any atom is 0.110 e. The van der Waals surface area contributed by atoms with Crippen LogP contribution in [0.5, 0.6) is 0 Å². The van der Waals surface area contributed by atoms with Crippen LogP contribution in [0, 0.1) is 0 Å². The smallest absolute Gasteiger partial charge is 0.110 e. The minimum absolute atomic E-state index is 0.891. The molecule has 1 N–H and O–H groups in total. The molecule has 0 amide bonds. The number of aryl methyl sites for hydroxylation is 1. The van der Waals surface area contributed by atoms with Crippen LogP contribution < -0.4 is 0 Å². The van der Waals surface area contributed by atoms with E-state index in [-0.39, 0.29) is 0 Å². The van der Waals surface area contributed by atoms with Gasteiger partial charge in [0.2, 0.25) is 0 Å². The minimum atomic E-state index is 0.891. The summed E-state index contributed by atoms with van der Waals surface area (Å²) < 4.78 is 2.89. The Morgan fingerprint density at radius 2 is 2.19 bits per heavy atom. The van der Waals surface area contributed by atoms with E-state index in [2.05, 4.69) is 36.9 Å². The number of imidazole rings is 2. The second-order valence-corrected chi connectivity index (χ2v) is 4.42. The van der Waals surface area contributed by atoms with Crippen LogP contribution in [0.1, 0.15) is 0 Å². The SMILES string of the molecule is Cn1cnc2cc(-c3nc[nH]c3Br)ccc21. The highest BCUT2D eigenvalue weighted by molar-refractivity contribution is 9.10. The second kappa shape index (κ2) is 3.45. The Morgan fingerprint density at radius 3 is 2.94 bits per heavy atom. The fourth-order valence-electron chi connectivity index (χ4n) is 1.76. The van der Waals surface area contributed by atoms with E-state index in [1.54, 1.807) is 6.33 Å². The van der Waals surface area contributed by atoms with Crippen LogP contribution in [0.2, 0.25) is 0 Å². The summed E-state index contributed by atoms with van der Waals surface area (Å²) >= 11 is 3.43. The van der Waals surface area contributed by atoms with E-state index in [1.807, 2.05) is 30.1 Å². The van der Waals surface area contributed by atoms with Gasteiger partial charge in [-0.3, -0.25) is 0 Å². The Labute approximate surface area is 100 Å². The molecule has 80 valence electrons. The number of halogens is 1. The third-order valence-electron chi connectivity index (χ3n) is 2.59. The molecule has 4 nitrogen and oxygen atoms in total. The van der Waals surface area contributed by atoms with Gasteiger partial charge in [-0.1, -0.05) is 6.07 Å². The van der Waals surface area contributed by atoms with Gasteiger partial charge in [-0.25, -0.2) is 9.97 Å². The first-order valence-corrected chi connectivity index (χ1v) is 5.65. The molecule has 16 heavy (non-hydrogen) atoms. The van der Waals surface area contributed by atoms with Gasteiger partial charge in [-0.15, -0.1) is 0 Å². The first-order valence-electron chi connectivity index (χ1n) is 4.86. The number of rotatable bonds is 1. The molecule has 0 aliphatic heterocycles. The lowest BCUT2D eigenvalue weighted by Gasteiger charge is -1.99. The van der Waals surface area contributed by atoms with Gasteiger partial charge in [0.05, 0.1) is 23.7 Å². The monoisotopic (exact) mass is 276 g/mol. The lowest BCUT2D eigenvalue weighted by Crippen LogP contribution is -1.84. The third kappa shape index (κ3) is 1.36. The minimum Gasteiger partial charge on any atom is -0.339 e. The van der Waals surface area contributed by atoms with Gasteiger partial charge >= 0.3 is 0 Å². The van der Waals surface area contributed by atoms with Gasteiger partial charge < -0.3 is 9.55 Å². The molecular formula is C11H9BrN4. The molecule has 3 aromatic rings. The van der Waals surface area contributed by atoms with Crippen molar-refractivity contribution in [3.8, 4) is 11.3 Å². The van der Waals surface area contributed by atoms with E-state index >= 15 is 0 Å². The molecule has 2 heterocycles. The van der Waals surface area contributed by atoms with Crippen LogP contribution in [-0.4, -0.2) is 19.5 Å². The lowest BCUT2D eigenvalue weighted by molar-refractivity contribution is 0.948. The van der Waals surface area contributed by atoms with E-state index in [1.165, 1.54) is 0 Å². The van der Waals surface area contributed by atoms with Crippen molar-refractivity contribution in [2.45, 2.75) is 0 Å². The normalized spacial score (nSPS) is 11.1. The van der Waals surface area contributed by atoms with Gasteiger partial charge in [-0.2, -0.15) is 0 Å². The van der Waals surface area contributed by atoms with Crippen LogP contribution in [-0.2, 0) is 7.05 Å². The molecule has 0 saturated carbocycles. The number of hydrogen-bond donors (Lipinski definition) is 1. The average Bonchev–Trinajstić information content (AvgIpc) is 2.86. The largest absolute Gasteiger partial charge is 0.339 e. The van der Waals surface area contributed by atoms with Crippen molar-refractivity contribution in [2.75, 3.05) is 0 Å². The van der Waals surface area contributed by atoms with Crippen molar-refractivity contribution in [1.29, 1.82) is 0 Å². The number of aromatic amines is 1. The highest BCUT2D eigenvalue weighted by atomic mass is 79.9. The van der Waals surface area contributed by atoms with E-state index in [4.69, 9.17) is 0 Å². The summed E-state index contributed by atoms with van der Waals surface area (Å²) in [7, 11) is 1.99. The Morgan fingerprint density at radius 1 is 1.31 bits per heavy atom. The summed E-state index contributed by atoms with van der Waals surface area (Å²) in [6.45, 7) is 0. The van der Waals surface area contributed by atoms with Crippen LogP contribution in [0.25, 0.3) is 22.3 Å². The van der Waals surface area contributed by atoms with Crippen molar-refractivity contribution in [1.82, 2.24) is 19.5 Å². The summed E-state index contributed by atoms with van der Waals surface area (Å²) in [5, 5.41) is 0. The molecule has 0 fully saturated rings. The molecule has 5 heteroatoms. The van der Waals surface area contributed by atoms with Crippen LogP contribution in [0.4, 0.5) is 0 Å². The maximum atomic E-state index is 4.33. The summed E-state index contributed by atoms with van der Waals surface area (Å²) in [6, 6.07) is 6.14. The molecule has 0 bridgehead atoms. The zero-order valence-corrected chi connectivity index (χ0v) is 10.2. The highest BCUT2D eigenvalue weighted by Gasteiger charge is 2.07. The quantitative estimate of drug-likeness (QED) is 0.743. The summed E-state index contributed by atoms with van der Waals surface area (Å²) in [5.74, 6) is 0. The Kier molecular flexibility index (Phi) is 2.07. The number of nitrogens with zero attached hydrogens (tertiary/aromatic N) is 3. The molecule has 0 aliphatic rings. The number of nitrogens with one attached hydrogen (secondary N) is 1. The molecule has 0 atom stereocenters. The van der Waals surface area contributed by atoms with Crippen molar-refractivity contribution >= 4 is 27.0 Å². The predicted molar refractivity (Wildman–Crippen MR) is 66.0 cm³/mol. The second-order valence-electron chi connectivity index (χ2n) is 3.62. The zero-order chi connectivity index (χ0) is 11.1. The molecule has 0 radical (unpaired) electrons. The fourth-order valence-corrected chi connectivity index (χ4v) is 2.20. The van der Waals surface area contributed by atoms with Crippen molar-refractivity contribution < 1.29 is 0 Å². The Balaban J connectivity index is 2.23. The standard InChI is InChI=1S/C11H9BrN4/c1-16-6-15-8-4-7(2-3-9(8)16)10-11(12)14-5-13-10/h2-6H,1H3,(H,13,14). The zero-order valence-electron chi connectivity index (χ0n) is 8.61. The van der Waals surface area contributed by atoms with Gasteiger partial charge in [0.25, 0.3) is 0 Å². The third-order valence-corrected chi connectivity index (χ3v) is 3.20. The molecule has 0 unspecified atom stereocenters. The topological polar surface area (TPSA) is 46.5 Å². The van der Waals surface area contributed by atoms with E-state index in [0.29, 0.717) is 0 Å². The van der Waals surface area contributed by atoms with Crippen LogP contribution >= 0.6 is 15.9 Å². The maximum absolute atomic E-state index is 4.33. The fraction of sp³-hybridized carbons (Fsp3) is 0.0909. The first-order chi connectivity index (χ1) is 7.75. The van der Waals surface area contributed by atoms with E-state index < -0.39 is 0 Å². The molecule has 2 aromatic heterocycles. The lowest BCUT2D eigenvalue weighted by atomic mass is 10.1. The van der Waals surface area contributed by atoms with Crippen LogP contribution in [0.3, 0.4) is 0 Å². The summed E-state index contributed by atoms with van der Waals surface area (Å²) in [4.78, 5) is 11.6. The van der Waals surface area contributed by atoms with Gasteiger partial charge in [-0.05, 0) is 28.1 Å². The Bertz CT molecular complexity index is 653. The van der Waals surface area contributed by atoms with Gasteiger partial charge in [0.15, 0.2) is 0 Å². The molecular weight excluding hydrogens is 268 g/mol. The molecule has 1 aromatic carbocycles. The summed E-state index contributed by atoms with van der Waals surface area (Å²) in [6.07, 6.45) is 3.48. The van der Waals surface area contributed by atoms with E-state index in [9.17, 15) is 0 Å². The molecule has 0 aliphatic carbocycles. The highest BCUT2D eigenvalue weighted by Crippen LogP contribution is 2.26. The van der Waals surface area contributed by atoms with Gasteiger partial charge in [0.1, 0.15) is 10.3 Å². The predicted octanol–water partition coefficient (Wildman–Crippen LogP) is 2.73. The number of benzene rings is 1. The van der Waals surface area contributed by atoms with Crippen molar-refractivity contribution in [3.05, 3.63) is 35.5 Å². The number of H-pyrrole nitrogens is 1. The van der Waals surface area contributed by atoms with Crippen LogP contribution in [0.15, 0.2) is 35.5 Å². The number of hydrogen-bond acceptors (Lipinski definition) is 2. The average molecular weight is 277 g/mol. The molecule has 0 spiro atoms. The summed E-state index contributed by atoms with van der Waals surface area (Å²) in [5.41, 5.74) is 4.07.